The van der Waals surface area contributed by atoms with E-state index in [-0.39, 0.29) is 17.3 Å². The first-order chi connectivity index (χ1) is 12.0. The van der Waals surface area contributed by atoms with Gasteiger partial charge in [0.1, 0.15) is 0 Å². The highest BCUT2D eigenvalue weighted by Crippen LogP contribution is 2.33. The van der Waals surface area contributed by atoms with Gasteiger partial charge >= 0.3 is 5.69 Å². The number of hydrogen-bond donors (Lipinski definition) is 0. The lowest BCUT2D eigenvalue weighted by atomic mass is 10.1. The minimum absolute atomic E-state index is 0.110. The molecule has 0 unspecified atom stereocenters. The monoisotopic (exact) mass is 337 g/mol. The molecule has 0 N–H and O–H groups in total. The smallest absolute Gasteiger partial charge is 0.311 e. The third-order valence-corrected chi connectivity index (χ3v) is 3.79. The molecule has 126 valence electrons. The van der Waals surface area contributed by atoms with Crippen molar-refractivity contribution in [3.63, 3.8) is 0 Å². The summed E-state index contributed by atoms with van der Waals surface area (Å²) in [4.78, 5) is 23.3. The van der Waals surface area contributed by atoms with Gasteiger partial charge in [0.15, 0.2) is 0 Å². The van der Waals surface area contributed by atoms with Crippen molar-refractivity contribution in [3.05, 3.63) is 69.8 Å². The lowest BCUT2D eigenvalue weighted by molar-refractivity contribution is -0.385. The second-order valence-electron chi connectivity index (χ2n) is 5.35. The number of amides is 1. The average molecular weight is 337 g/mol. The van der Waals surface area contributed by atoms with Crippen LogP contribution in [0.1, 0.15) is 12.5 Å². The van der Waals surface area contributed by atoms with Crippen LogP contribution in [0.5, 0.6) is 5.75 Å². The summed E-state index contributed by atoms with van der Waals surface area (Å²) in [5, 5.41) is 16.7. The highest BCUT2D eigenvalue weighted by atomic mass is 16.6. The van der Waals surface area contributed by atoms with Gasteiger partial charge in [-0.2, -0.15) is 10.1 Å². The number of hydrogen-bond acceptors (Lipinski definition) is 5. The van der Waals surface area contributed by atoms with E-state index < -0.39 is 4.92 Å². The zero-order valence-electron chi connectivity index (χ0n) is 13.7. The van der Waals surface area contributed by atoms with E-state index in [2.05, 4.69) is 5.10 Å². The predicted octanol–water partition coefficient (Wildman–Crippen LogP) is 3.41. The summed E-state index contributed by atoms with van der Waals surface area (Å²) < 4.78 is 5.18. The molecule has 0 aromatic heterocycles. The maximum atomic E-state index is 12.7. The SMILES string of the molecule is COc1c(/C=C2/C(=O)N(c3ccccc3)N=C2C)cccc1[N+](=O)[O-]. The quantitative estimate of drug-likeness (QED) is 0.486. The maximum absolute atomic E-state index is 12.7. The molecule has 0 bridgehead atoms. The van der Waals surface area contributed by atoms with Crippen LogP contribution in [0.3, 0.4) is 0 Å². The molecule has 0 saturated heterocycles. The first-order valence-corrected chi connectivity index (χ1v) is 7.51. The summed E-state index contributed by atoms with van der Waals surface area (Å²) >= 11 is 0. The van der Waals surface area contributed by atoms with E-state index in [0.717, 1.165) is 0 Å². The Morgan fingerprint density at radius 3 is 2.52 bits per heavy atom. The Labute approximate surface area is 144 Å². The van der Waals surface area contributed by atoms with Crippen molar-refractivity contribution in [2.45, 2.75) is 6.92 Å². The molecule has 1 aliphatic rings. The van der Waals surface area contributed by atoms with Gasteiger partial charge in [0, 0.05) is 11.6 Å². The number of nitrogens with zero attached hydrogens (tertiary/aromatic N) is 3. The third kappa shape index (κ3) is 2.99. The number of anilines is 1. The number of methoxy groups -OCH3 is 1. The third-order valence-electron chi connectivity index (χ3n) is 3.79. The molecule has 0 radical (unpaired) electrons. The minimum Gasteiger partial charge on any atom is -0.490 e. The molecule has 2 aromatic carbocycles. The van der Waals surface area contributed by atoms with Crippen LogP contribution in [-0.2, 0) is 4.79 Å². The number of nitro benzene ring substituents is 1. The Morgan fingerprint density at radius 1 is 1.16 bits per heavy atom. The normalized spacial score (nSPS) is 15.4. The summed E-state index contributed by atoms with van der Waals surface area (Å²) in [5.41, 5.74) is 1.84. The summed E-state index contributed by atoms with van der Waals surface area (Å²) in [7, 11) is 1.36. The number of nitro groups is 1. The van der Waals surface area contributed by atoms with Crippen LogP contribution in [0.2, 0.25) is 0 Å². The Kier molecular flexibility index (Phi) is 4.30. The molecule has 1 aliphatic heterocycles. The number of carbonyl (C=O) groups is 1. The number of carbonyl (C=O) groups excluding carboxylic acids is 1. The van der Waals surface area contributed by atoms with Gasteiger partial charge in [-0.25, -0.2) is 0 Å². The van der Waals surface area contributed by atoms with E-state index >= 15 is 0 Å². The average Bonchev–Trinajstić information content (AvgIpc) is 2.90. The minimum atomic E-state index is -0.519. The summed E-state index contributed by atoms with van der Waals surface area (Å²) in [6.45, 7) is 1.72. The molecule has 1 amide bonds. The molecule has 25 heavy (non-hydrogen) atoms. The standard InChI is InChI=1S/C18H15N3O4/c1-12-15(18(22)20(19-12)14-8-4-3-5-9-14)11-13-7-6-10-16(21(23)24)17(13)25-2/h3-11H,1-2H3/b15-11+. The molecule has 1 heterocycles. The fourth-order valence-corrected chi connectivity index (χ4v) is 2.61. The van der Waals surface area contributed by atoms with Gasteiger partial charge < -0.3 is 4.74 Å². The Balaban J connectivity index is 2.03. The van der Waals surface area contributed by atoms with Crippen molar-refractivity contribution in [3.8, 4) is 5.75 Å². The van der Waals surface area contributed by atoms with Gasteiger partial charge in [-0.05, 0) is 25.1 Å². The van der Waals surface area contributed by atoms with Gasteiger partial charge in [0.05, 0.1) is 29.0 Å². The van der Waals surface area contributed by atoms with Gasteiger partial charge in [-0.1, -0.05) is 30.3 Å². The van der Waals surface area contributed by atoms with Crippen molar-refractivity contribution in [2.24, 2.45) is 5.10 Å². The van der Waals surface area contributed by atoms with Crippen molar-refractivity contribution >= 4 is 29.1 Å². The first kappa shape index (κ1) is 16.4. The number of hydrazone groups is 1. The number of benzene rings is 2. The lowest BCUT2D eigenvalue weighted by Gasteiger charge is -2.11. The first-order valence-electron chi connectivity index (χ1n) is 7.51. The molecule has 2 aromatic rings. The van der Waals surface area contributed by atoms with Crippen molar-refractivity contribution < 1.29 is 14.5 Å². The van der Waals surface area contributed by atoms with Gasteiger partial charge in [0.25, 0.3) is 5.91 Å². The molecule has 0 fully saturated rings. The fourth-order valence-electron chi connectivity index (χ4n) is 2.61. The summed E-state index contributed by atoms with van der Waals surface area (Å²) in [5.74, 6) is -0.184. The van der Waals surface area contributed by atoms with Crippen LogP contribution in [-0.4, -0.2) is 23.7 Å². The maximum Gasteiger partial charge on any atom is 0.311 e. The Morgan fingerprint density at radius 2 is 1.88 bits per heavy atom. The predicted molar refractivity (Wildman–Crippen MR) is 94.7 cm³/mol. The van der Waals surface area contributed by atoms with E-state index in [0.29, 0.717) is 22.5 Å². The van der Waals surface area contributed by atoms with Gasteiger partial charge in [0.2, 0.25) is 5.75 Å². The molecule has 7 nitrogen and oxygen atoms in total. The zero-order chi connectivity index (χ0) is 18.0. The number of rotatable bonds is 4. The summed E-state index contributed by atoms with van der Waals surface area (Å²) in [6.07, 6.45) is 1.57. The Hall–Kier alpha value is -3.48. The van der Waals surface area contributed by atoms with Crippen LogP contribution in [0, 0.1) is 10.1 Å². The van der Waals surface area contributed by atoms with E-state index in [4.69, 9.17) is 4.74 Å². The second-order valence-corrected chi connectivity index (χ2v) is 5.35. The van der Waals surface area contributed by atoms with Gasteiger partial charge in [-0.3, -0.25) is 14.9 Å². The van der Waals surface area contributed by atoms with Gasteiger partial charge in [-0.15, -0.1) is 0 Å². The van der Waals surface area contributed by atoms with Crippen molar-refractivity contribution in [1.29, 1.82) is 0 Å². The molecule has 7 heteroatoms. The van der Waals surface area contributed by atoms with Crippen molar-refractivity contribution in [2.75, 3.05) is 12.1 Å². The van der Waals surface area contributed by atoms with Crippen LogP contribution in [0.4, 0.5) is 11.4 Å². The molecular formula is C18H15N3O4. The lowest BCUT2D eigenvalue weighted by Crippen LogP contribution is -2.21. The fraction of sp³-hybridized carbons (Fsp3) is 0.111. The second kappa shape index (κ2) is 6.56. The summed E-state index contributed by atoms with van der Waals surface area (Å²) in [6, 6.07) is 13.6. The van der Waals surface area contributed by atoms with Crippen molar-refractivity contribution in [1.82, 2.24) is 0 Å². The molecule has 0 atom stereocenters. The molecule has 0 aliphatic carbocycles. The van der Waals surface area contributed by atoms with E-state index in [9.17, 15) is 14.9 Å². The molecular weight excluding hydrogens is 322 g/mol. The zero-order valence-corrected chi connectivity index (χ0v) is 13.7. The Bertz CT molecular complexity index is 904. The van der Waals surface area contributed by atoms with Crippen LogP contribution in [0.15, 0.2) is 59.2 Å². The highest BCUT2D eigenvalue weighted by Gasteiger charge is 2.29. The number of ether oxygens (including phenoxy) is 1. The molecule has 0 saturated carbocycles. The van der Waals surface area contributed by atoms with Crippen LogP contribution in [0.25, 0.3) is 6.08 Å². The number of para-hydroxylation sites is 2. The van der Waals surface area contributed by atoms with E-state index in [1.54, 1.807) is 37.3 Å². The van der Waals surface area contributed by atoms with Crippen LogP contribution < -0.4 is 9.75 Å². The largest absolute Gasteiger partial charge is 0.490 e. The van der Waals surface area contributed by atoms with E-state index in [1.807, 2.05) is 18.2 Å². The highest BCUT2D eigenvalue weighted by molar-refractivity contribution is 6.32. The molecule has 3 rings (SSSR count). The van der Waals surface area contributed by atoms with E-state index in [1.165, 1.54) is 18.2 Å². The topological polar surface area (TPSA) is 85.0 Å². The molecule has 0 spiro atoms. The van der Waals surface area contributed by atoms with Crippen LogP contribution >= 0.6 is 0 Å².